The molecule has 1 atom stereocenters. The molecule has 0 aliphatic carbocycles. The summed E-state index contributed by atoms with van der Waals surface area (Å²) >= 11 is 0. The normalized spacial score (nSPS) is 14.9. The van der Waals surface area contributed by atoms with Crippen molar-refractivity contribution in [2.45, 2.75) is 72.6 Å². The Hall–Kier alpha value is -1.30. The Morgan fingerprint density at radius 3 is 2.27 bits per heavy atom. The van der Waals surface area contributed by atoms with Crippen LogP contribution in [0.5, 0.6) is 0 Å². The Balaban J connectivity index is 4.30. The van der Waals surface area contributed by atoms with E-state index in [1.807, 2.05) is 6.08 Å². The molecule has 0 N–H and O–H groups in total. The van der Waals surface area contributed by atoms with Gasteiger partial charge in [0.25, 0.3) is 0 Å². The number of allylic oxidation sites excluding steroid dienone is 9. The molecule has 0 amide bonds. The third kappa shape index (κ3) is 9.60. The van der Waals surface area contributed by atoms with Crippen LogP contribution in [0.4, 0.5) is 0 Å². The van der Waals surface area contributed by atoms with Crippen LogP contribution >= 0.6 is 0 Å². The van der Waals surface area contributed by atoms with E-state index in [4.69, 9.17) is 0 Å². The summed E-state index contributed by atoms with van der Waals surface area (Å²) in [6.07, 6.45) is 23.9. The first-order chi connectivity index (χ1) is 10.7. The fourth-order valence-electron chi connectivity index (χ4n) is 2.49. The molecule has 124 valence electrons. The van der Waals surface area contributed by atoms with Gasteiger partial charge in [-0.25, -0.2) is 0 Å². The van der Waals surface area contributed by atoms with Gasteiger partial charge >= 0.3 is 0 Å². The van der Waals surface area contributed by atoms with Crippen molar-refractivity contribution in [1.82, 2.24) is 0 Å². The van der Waals surface area contributed by atoms with Crippen molar-refractivity contribution in [1.29, 1.82) is 0 Å². The van der Waals surface area contributed by atoms with Crippen molar-refractivity contribution < 1.29 is 0 Å². The fraction of sp³-hybridized carbons (Fsp3) is 0.545. The molecule has 0 aromatic heterocycles. The molecule has 0 aromatic rings. The minimum Gasteiger partial charge on any atom is -0.0991 e. The van der Waals surface area contributed by atoms with Crippen LogP contribution in [0, 0.1) is 5.92 Å². The number of hydrogen-bond acceptors (Lipinski definition) is 0. The van der Waals surface area contributed by atoms with Crippen molar-refractivity contribution in [2.75, 3.05) is 0 Å². The Morgan fingerprint density at radius 1 is 1.05 bits per heavy atom. The van der Waals surface area contributed by atoms with Crippen molar-refractivity contribution in [3.8, 4) is 0 Å². The van der Waals surface area contributed by atoms with Crippen molar-refractivity contribution in [3.05, 3.63) is 60.3 Å². The van der Waals surface area contributed by atoms with Crippen LogP contribution in [-0.4, -0.2) is 0 Å². The van der Waals surface area contributed by atoms with E-state index in [9.17, 15) is 0 Å². The predicted molar refractivity (Wildman–Crippen MR) is 103 cm³/mol. The van der Waals surface area contributed by atoms with E-state index < -0.39 is 0 Å². The monoisotopic (exact) mass is 300 g/mol. The second-order valence-corrected chi connectivity index (χ2v) is 5.87. The molecule has 0 aromatic carbocycles. The first-order valence-electron chi connectivity index (χ1n) is 9.00. The first-order valence-corrected chi connectivity index (χ1v) is 9.00. The second kappa shape index (κ2) is 14.6. The van der Waals surface area contributed by atoms with E-state index in [2.05, 4.69) is 70.7 Å². The van der Waals surface area contributed by atoms with E-state index in [0.29, 0.717) is 5.92 Å². The highest BCUT2D eigenvalue weighted by atomic mass is 14.1. The quantitative estimate of drug-likeness (QED) is 0.257. The highest BCUT2D eigenvalue weighted by molar-refractivity contribution is 5.35. The molecule has 0 radical (unpaired) electrons. The van der Waals surface area contributed by atoms with Gasteiger partial charge in [-0.05, 0) is 56.1 Å². The molecular formula is C22H36. The minimum absolute atomic E-state index is 0.603. The Bertz CT molecular complexity index is 390. The molecule has 0 aliphatic heterocycles. The zero-order valence-electron chi connectivity index (χ0n) is 15.3. The zero-order chi connectivity index (χ0) is 16.6. The van der Waals surface area contributed by atoms with Crippen LogP contribution in [0.15, 0.2) is 60.3 Å². The molecule has 0 nitrogen and oxygen atoms in total. The molecule has 0 saturated carbocycles. The van der Waals surface area contributed by atoms with E-state index >= 15 is 0 Å². The van der Waals surface area contributed by atoms with Gasteiger partial charge in [0.15, 0.2) is 0 Å². The fourth-order valence-corrected chi connectivity index (χ4v) is 2.49. The lowest BCUT2D eigenvalue weighted by atomic mass is 9.88. The van der Waals surface area contributed by atoms with Crippen LogP contribution in [0.1, 0.15) is 72.6 Å². The molecule has 0 saturated heterocycles. The summed E-state index contributed by atoms with van der Waals surface area (Å²) in [5.41, 5.74) is 2.91. The van der Waals surface area contributed by atoms with Crippen LogP contribution < -0.4 is 0 Å². The first kappa shape index (κ1) is 20.7. The molecule has 0 heterocycles. The summed E-state index contributed by atoms with van der Waals surface area (Å²) in [5, 5.41) is 0. The lowest BCUT2D eigenvalue weighted by Gasteiger charge is -2.17. The molecule has 22 heavy (non-hydrogen) atoms. The number of unbranched alkanes of at least 4 members (excludes halogenated alkanes) is 3. The largest absolute Gasteiger partial charge is 0.0991 e. The minimum atomic E-state index is 0.603. The van der Waals surface area contributed by atoms with Gasteiger partial charge < -0.3 is 0 Å². The maximum Gasteiger partial charge on any atom is -0.0190 e. The molecule has 0 spiro atoms. The second-order valence-electron chi connectivity index (χ2n) is 5.87. The van der Waals surface area contributed by atoms with Crippen molar-refractivity contribution >= 4 is 0 Å². The summed E-state index contributed by atoms with van der Waals surface area (Å²) in [5.74, 6) is 0.603. The zero-order valence-corrected chi connectivity index (χ0v) is 15.3. The van der Waals surface area contributed by atoms with E-state index in [-0.39, 0.29) is 0 Å². The maximum atomic E-state index is 3.86. The molecule has 0 fully saturated rings. The van der Waals surface area contributed by atoms with Gasteiger partial charge in [0.05, 0.1) is 0 Å². The maximum absolute atomic E-state index is 3.86. The van der Waals surface area contributed by atoms with Gasteiger partial charge in [-0.15, -0.1) is 0 Å². The van der Waals surface area contributed by atoms with Crippen LogP contribution in [-0.2, 0) is 0 Å². The average Bonchev–Trinajstić information content (AvgIpc) is 2.54. The average molecular weight is 301 g/mol. The third-order valence-electron chi connectivity index (χ3n) is 4.10. The Kier molecular flexibility index (Phi) is 13.8. The molecular weight excluding hydrogens is 264 g/mol. The summed E-state index contributed by atoms with van der Waals surface area (Å²) in [6.45, 7) is 12.8. The number of rotatable bonds is 12. The molecule has 1 unspecified atom stereocenters. The van der Waals surface area contributed by atoms with Gasteiger partial charge in [-0.2, -0.15) is 0 Å². The molecule has 0 rings (SSSR count). The van der Waals surface area contributed by atoms with Crippen LogP contribution in [0.25, 0.3) is 0 Å². The van der Waals surface area contributed by atoms with Gasteiger partial charge in [-0.1, -0.05) is 82.7 Å². The summed E-state index contributed by atoms with van der Waals surface area (Å²) < 4.78 is 0. The van der Waals surface area contributed by atoms with E-state index in [0.717, 1.165) is 12.8 Å². The van der Waals surface area contributed by atoms with Crippen molar-refractivity contribution in [3.63, 3.8) is 0 Å². The standard InChI is InChI=1S/C22H36/c1-6-10-11-12-13-14-15-16-17-19-21(9-4)22(18-7-2)20(5)8-3/h7,9,13-16,18,20H,2,6,8,10-12,17,19H2,1,3-5H3/b14-13+,16-15-,21-9-,22-18-. The van der Waals surface area contributed by atoms with Gasteiger partial charge in [0, 0.05) is 0 Å². The van der Waals surface area contributed by atoms with Crippen LogP contribution in [0.2, 0.25) is 0 Å². The topological polar surface area (TPSA) is 0 Å². The summed E-state index contributed by atoms with van der Waals surface area (Å²) in [4.78, 5) is 0. The van der Waals surface area contributed by atoms with Crippen LogP contribution in [0.3, 0.4) is 0 Å². The SMILES string of the molecule is C=C/C=C(\C(=C/C)CC/C=C\C=C\CCCCC)C(C)CC. The highest BCUT2D eigenvalue weighted by Crippen LogP contribution is 2.26. The Morgan fingerprint density at radius 2 is 1.73 bits per heavy atom. The highest BCUT2D eigenvalue weighted by Gasteiger charge is 2.09. The molecule has 0 bridgehead atoms. The van der Waals surface area contributed by atoms with E-state index in [1.165, 1.54) is 43.3 Å². The molecule has 0 aliphatic rings. The lowest BCUT2D eigenvalue weighted by Crippen LogP contribution is -2.01. The van der Waals surface area contributed by atoms with Crippen molar-refractivity contribution in [2.24, 2.45) is 5.92 Å². The Labute approximate surface area is 139 Å². The van der Waals surface area contributed by atoms with Gasteiger partial charge in [0.1, 0.15) is 0 Å². The number of hydrogen-bond donors (Lipinski definition) is 0. The third-order valence-corrected chi connectivity index (χ3v) is 4.10. The van der Waals surface area contributed by atoms with Gasteiger partial charge in [-0.3, -0.25) is 0 Å². The lowest BCUT2D eigenvalue weighted by molar-refractivity contribution is 0.654. The molecule has 0 heteroatoms. The summed E-state index contributed by atoms with van der Waals surface area (Å²) in [7, 11) is 0. The van der Waals surface area contributed by atoms with E-state index in [1.54, 1.807) is 0 Å². The van der Waals surface area contributed by atoms with Gasteiger partial charge in [0.2, 0.25) is 0 Å². The predicted octanol–water partition coefficient (Wildman–Crippen LogP) is 7.56. The smallest absolute Gasteiger partial charge is 0.0190 e. The summed E-state index contributed by atoms with van der Waals surface area (Å²) in [6, 6.07) is 0.